The van der Waals surface area contributed by atoms with Crippen LogP contribution in [0.4, 0.5) is 5.82 Å². The van der Waals surface area contributed by atoms with Crippen molar-refractivity contribution in [3.05, 3.63) is 73.8 Å². The minimum Gasteiger partial charge on any atom is -0.393 e. The van der Waals surface area contributed by atoms with Gasteiger partial charge in [-0.15, -0.1) is 11.3 Å². The van der Waals surface area contributed by atoms with E-state index in [9.17, 15) is 18.6 Å². The van der Waals surface area contributed by atoms with Gasteiger partial charge in [0.2, 0.25) is 0 Å². The van der Waals surface area contributed by atoms with Crippen molar-refractivity contribution in [2.75, 3.05) is 18.5 Å². The second-order valence-electron chi connectivity index (χ2n) is 9.69. The highest BCUT2D eigenvalue weighted by atomic mass is 35.5. The van der Waals surface area contributed by atoms with Gasteiger partial charge in [0.15, 0.2) is 0 Å². The first-order valence-corrected chi connectivity index (χ1v) is 15.1. The molecule has 39 heavy (non-hydrogen) atoms. The molecule has 1 aliphatic heterocycles. The molecule has 2 aromatic heterocycles. The second kappa shape index (κ2) is 12.4. The van der Waals surface area contributed by atoms with Crippen molar-refractivity contribution in [3.8, 4) is 0 Å². The zero-order valence-corrected chi connectivity index (χ0v) is 24.2. The lowest BCUT2D eigenvalue weighted by molar-refractivity contribution is 0.0836. The van der Waals surface area contributed by atoms with Crippen molar-refractivity contribution in [3.63, 3.8) is 0 Å². The van der Waals surface area contributed by atoms with Gasteiger partial charge in [0.1, 0.15) is 18.2 Å². The second-order valence-corrected chi connectivity index (χ2v) is 12.6. The van der Waals surface area contributed by atoms with E-state index in [1.165, 1.54) is 23.2 Å². The van der Waals surface area contributed by atoms with Gasteiger partial charge in [0.05, 0.1) is 18.4 Å². The Morgan fingerprint density at radius 2 is 2.00 bits per heavy atom. The molecule has 3 aromatic rings. The summed E-state index contributed by atoms with van der Waals surface area (Å²) in [6.45, 7) is 5.86. The summed E-state index contributed by atoms with van der Waals surface area (Å²) in [4.78, 5) is 15.0. The van der Waals surface area contributed by atoms with Gasteiger partial charge in [-0.2, -0.15) is 8.42 Å². The predicted octanol–water partition coefficient (Wildman–Crippen LogP) is 3.38. The number of nitrogens with zero attached hydrogens (tertiary/aromatic N) is 3. The molecule has 0 saturated heterocycles. The fourth-order valence-electron chi connectivity index (χ4n) is 4.61. The number of fused-ring (bicyclic) bond motifs is 1. The van der Waals surface area contributed by atoms with Crippen molar-refractivity contribution >= 4 is 44.8 Å². The highest BCUT2D eigenvalue weighted by Gasteiger charge is 2.26. The molecule has 3 heterocycles. The van der Waals surface area contributed by atoms with Gasteiger partial charge < -0.3 is 15.5 Å². The van der Waals surface area contributed by atoms with Gasteiger partial charge in [0, 0.05) is 56.2 Å². The fraction of sp³-hybridized carbons (Fsp3) is 0.423. The Bertz CT molecular complexity index is 1460. The topological polar surface area (TPSA) is 160 Å². The first-order chi connectivity index (χ1) is 18.4. The SMILES string of the molecule is Cc1sc(C(O)c2cncnc2N[C@@H](C)C[C@H](COS(N)(=O)=O)[C@H](C)O)cc1C1=NCCc2ccc(Cl)cc21. The lowest BCUT2D eigenvalue weighted by atomic mass is 9.93. The monoisotopic (exact) mass is 593 g/mol. The van der Waals surface area contributed by atoms with E-state index in [2.05, 4.69) is 15.3 Å². The molecule has 0 aliphatic carbocycles. The van der Waals surface area contributed by atoms with Crippen LogP contribution in [0.25, 0.3) is 0 Å². The lowest BCUT2D eigenvalue weighted by Gasteiger charge is -2.25. The third-order valence-corrected chi connectivity index (χ3v) is 8.45. The summed E-state index contributed by atoms with van der Waals surface area (Å²) in [6.07, 6.45) is 2.32. The number of aromatic nitrogens is 2. The molecule has 0 radical (unpaired) electrons. The maximum Gasteiger partial charge on any atom is 0.333 e. The minimum atomic E-state index is -4.12. The number of aliphatic hydroxyl groups is 2. The number of thiophene rings is 1. The Morgan fingerprint density at radius 3 is 2.72 bits per heavy atom. The smallest absolute Gasteiger partial charge is 0.333 e. The Morgan fingerprint density at radius 1 is 1.23 bits per heavy atom. The first kappa shape index (κ1) is 29.5. The van der Waals surface area contributed by atoms with E-state index in [1.807, 2.05) is 38.1 Å². The summed E-state index contributed by atoms with van der Waals surface area (Å²) < 4.78 is 27.1. The number of halogens is 1. The van der Waals surface area contributed by atoms with Gasteiger partial charge in [-0.25, -0.2) is 15.1 Å². The lowest BCUT2D eigenvalue weighted by Crippen LogP contribution is -2.31. The Labute approximate surface area is 237 Å². The number of hydrogen-bond acceptors (Lipinski definition) is 10. The summed E-state index contributed by atoms with van der Waals surface area (Å²) in [5, 5.41) is 30.3. The molecule has 1 aliphatic rings. The predicted molar refractivity (Wildman–Crippen MR) is 153 cm³/mol. The Hall–Kier alpha value is -2.45. The van der Waals surface area contributed by atoms with E-state index in [-0.39, 0.29) is 12.6 Å². The van der Waals surface area contributed by atoms with E-state index in [0.29, 0.717) is 34.2 Å². The maximum absolute atomic E-state index is 11.4. The summed E-state index contributed by atoms with van der Waals surface area (Å²) >= 11 is 7.76. The van der Waals surface area contributed by atoms with Crippen LogP contribution in [0.2, 0.25) is 5.02 Å². The minimum absolute atomic E-state index is 0.253. The molecule has 0 bridgehead atoms. The number of nitrogens with one attached hydrogen (secondary N) is 1. The summed E-state index contributed by atoms with van der Waals surface area (Å²) in [5.74, 6) is -0.0716. The molecule has 0 saturated carbocycles. The third-order valence-electron chi connectivity index (χ3n) is 6.64. The highest BCUT2D eigenvalue weighted by Crippen LogP contribution is 2.36. The quantitative estimate of drug-likeness (QED) is 0.263. The number of aliphatic hydroxyl groups excluding tert-OH is 2. The third kappa shape index (κ3) is 7.40. The van der Waals surface area contributed by atoms with E-state index in [4.69, 9.17) is 25.9 Å². The van der Waals surface area contributed by atoms with Crippen LogP contribution in [0.1, 0.15) is 58.4 Å². The summed E-state index contributed by atoms with van der Waals surface area (Å²) in [5.41, 5.74) is 4.51. The number of nitrogens with two attached hydrogens (primary N) is 1. The largest absolute Gasteiger partial charge is 0.393 e. The Kier molecular flexibility index (Phi) is 9.37. The molecule has 5 N–H and O–H groups in total. The number of benzene rings is 1. The van der Waals surface area contributed by atoms with E-state index >= 15 is 0 Å². The zero-order valence-electron chi connectivity index (χ0n) is 21.8. The van der Waals surface area contributed by atoms with Gasteiger partial charge in [0.25, 0.3) is 0 Å². The van der Waals surface area contributed by atoms with Crippen LogP contribution in [0.15, 0.2) is 41.8 Å². The first-order valence-electron chi connectivity index (χ1n) is 12.5. The van der Waals surface area contributed by atoms with Crippen molar-refractivity contribution in [2.24, 2.45) is 16.0 Å². The normalized spacial score (nSPS) is 16.6. The molecule has 0 spiro atoms. The van der Waals surface area contributed by atoms with Crippen molar-refractivity contribution in [1.82, 2.24) is 9.97 Å². The van der Waals surface area contributed by atoms with Gasteiger partial charge in [-0.1, -0.05) is 17.7 Å². The highest BCUT2D eigenvalue weighted by molar-refractivity contribution is 7.84. The summed E-state index contributed by atoms with van der Waals surface area (Å²) in [6, 6.07) is 7.56. The van der Waals surface area contributed by atoms with Crippen molar-refractivity contribution in [2.45, 2.75) is 51.9 Å². The van der Waals surface area contributed by atoms with Crippen LogP contribution >= 0.6 is 22.9 Å². The average Bonchev–Trinajstić information content (AvgIpc) is 3.26. The average molecular weight is 594 g/mol. The fourth-order valence-corrected chi connectivity index (χ4v) is 6.18. The molecular weight excluding hydrogens is 562 g/mol. The Balaban J connectivity index is 1.54. The zero-order chi connectivity index (χ0) is 28.3. The molecule has 1 aromatic carbocycles. The number of anilines is 1. The standard InChI is InChI=1S/C26H32ClN5O5S2/c1-14(8-18(15(2)33)12-37-39(28,35)36)32-26-22(11-29-13-31-26)25(34)23-10-20(16(3)38-23)24-21-9-19(27)5-4-17(21)6-7-30-24/h4-5,9-11,13-15,18,25,33-34H,6-8,12H2,1-3H3,(H2,28,35,36)(H,29,31,32)/t14-,15-,18+,25?/m0/s1. The molecule has 210 valence electrons. The molecule has 4 atom stereocenters. The number of hydrogen-bond donors (Lipinski definition) is 4. The molecule has 10 nitrogen and oxygen atoms in total. The molecular formula is C26H32ClN5O5S2. The van der Waals surface area contributed by atoms with E-state index in [1.54, 1.807) is 13.1 Å². The van der Waals surface area contributed by atoms with Crippen molar-refractivity contribution < 1.29 is 22.8 Å². The van der Waals surface area contributed by atoms with Crippen LogP contribution in [-0.4, -0.2) is 59.6 Å². The van der Waals surface area contributed by atoms with Gasteiger partial charge in [-0.3, -0.25) is 9.18 Å². The number of aliphatic imine (C=N–C) groups is 1. The molecule has 0 amide bonds. The molecule has 1 unspecified atom stereocenters. The number of rotatable bonds is 11. The molecule has 0 fully saturated rings. The van der Waals surface area contributed by atoms with Gasteiger partial charge >= 0.3 is 10.3 Å². The van der Waals surface area contributed by atoms with E-state index in [0.717, 1.165) is 28.1 Å². The van der Waals surface area contributed by atoms with Crippen LogP contribution in [0, 0.1) is 12.8 Å². The van der Waals surface area contributed by atoms with Crippen LogP contribution in [0.5, 0.6) is 0 Å². The van der Waals surface area contributed by atoms with Gasteiger partial charge in [-0.05, 0) is 57.4 Å². The molecule has 13 heteroatoms. The summed E-state index contributed by atoms with van der Waals surface area (Å²) in [7, 11) is -4.12. The van der Waals surface area contributed by atoms with Crippen LogP contribution in [-0.2, 0) is 20.9 Å². The van der Waals surface area contributed by atoms with Crippen molar-refractivity contribution in [1.29, 1.82) is 0 Å². The van der Waals surface area contributed by atoms with Crippen LogP contribution < -0.4 is 10.5 Å². The molecule has 4 rings (SSSR count). The maximum atomic E-state index is 11.4. The number of aryl methyl sites for hydroxylation is 1. The van der Waals surface area contributed by atoms with E-state index < -0.39 is 28.4 Å². The van der Waals surface area contributed by atoms with Crippen LogP contribution in [0.3, 0.4) is 0 Å².